The van der Waals surface area contributed by atoms with Gasteiger partial charge in [-0.05, 0) is 35.9 Å². The third-order valence-electron chi connectivity index (χ3n) is 4.35. The van der Waals surface area contributed by atoms with Gasteiger partial charge in [-0.15, -0.1) is 0 Å². The molecule has 0 bridgehead atoms. The summed E-state index contributed by atoms with van der Waals surface area (Å²) in [5.74, 6) is -0.511. The van der Waals surface area contributed by atoms with Crippen LogP contribution in [0.3, 0.4) is 0 Å². The highest BCUT2D eigenvalue weighted by molar-refractivity contribution is 5.92. The summed E-state index contributed by atoms with van der Waals surface area (Å²) in [4.78, 5) is 29.2. The molecule has 0 unspecified atom stereocenters. The summed E-state index contributed by atoms with van der Waals surface area (Å²) in [6.45, 7) is 0.588. The van der Waals surface area contributed by atoms with Crippen molar-refractivity contribution in [3.05, 3.63) is 124 Å². The van der Waals surface area contributed by atoms with Crippen LogP contribution in [-0.2, 0) is 6.54 Å². The van der Waals surface area contributed by atoms with Crippen LogP contribution >= 0.6 is 0 Å². The molecule has 6 heteroatoms. The summed E-state index contributed by atoms with van der Waals surface area (Å²) >= 11 is 0. The van der Waals surface area contributed by atoms with E-state index < -0.39 is 5.91 Å². The third-order valence-corrected chi connectivity index (χ3v) is 4.35. The van der Waals surface area contributed by atoms with Gasteiger partial charge in [-0.25, -0.2) is 0 Å². The van der Waals surface area contributed by atoms with E-state index in [0.717, 1.165) is 5.56 Å². The Hall–Kier alpha value is -4.06. The van der Waals surface area contributed by atoms with Gasteiger partial charge in [0.25, 0.3) is 11.5 Å². The number of carbonyl (C=O) groups is 1. The van der Waals surface area contributed by atoms with E-state index in [1.54, 1.807) is 30.3 Å². The first-order chi connectivity index (χ1) is 14.2. The second-order valence-electron chi connectivity index (χ2n) is 6.39. The van der Waals surface area contributed by atoms with Crippen LogP contribution in [0.1, 0.15) is 16.1 Å². The van der Waals surface area contributed by atoms with E-state index in [-0.39, 0.29) is 11.3 Å². The van der Waals surface area contributed by atoms with Crippen LogP contribution in [0, 0.1) is 0 Å². The number of amides is 1. The zero-order valence-electron chi connectivity index (χ0n) is 15.6. The zero-order chi connectivity index (χ0) is 20.1. The number of hydrogen-bond acceptors (Lipinski definition) is 3. The molecule has 0 N–H and O–H groups in total. The lowest BCUT2D eigenvalue weighted by atomic mass is 10.2. The van der Waals surface area contributed by atoms with Crippen molar-refractivity contribution in [2.75, 3.05) is 0 Å². The Morgan fingerprint density at radius 2 is 1.52 bits per heavy atom. The smallest absolute Gasteiger partial charge is 0.299 e. The van der Waals surface area contributed by atoms with Crippen molar-refractivity contribution >= 4 is 5.91 Å². The lowest BCUT2D eigenvalue weighted by molar-refractivity contribution is 0.0990. The predicted molar refractivity (Wildman–Crippen MR) is 110 cm³/mol. The minimum Gasteiger partial charge on any atom is -0.328 e. The van der Waals surface area contributed by atoms with Gasteiger partial charge < -0.3 is 4.57 Å². The van der Waals surface area contributed by atoms with E-state index in [0.29, 0.717) is 17.7 Å². The number of rotatable bonds is 4. The molecule has 0 spiro atoms. The quantitative estimate of drug-likeness (QED) is 0.545. The zero-order valence-corrected chi connectivity index (χ0v) is 15.6. The van der Waals surface area contributed by atoms with E-state index in [9.17, 15) is 9.59 Å². The fourth-order valence-electron chi connectivity index (χ4n) is 2.92. The van der Waals surface area contributed by atoms with Gasteiger partial charge in [-0.2, -0.15) is 14.8 Å². The molecule has 0 radical (unpaired) electrons. The van der Waals surface area contributed by atoms with Gasteiger partial charge in [-0.3, -0.25) is 9.59 Å². The van der Waals surface area contributed by atoms with Crippen molar-refractivity contribution in [2.45, 2.75) is 6.54 Å². The Morgan fingerprint density at radius 1 is 0.828 bits per heavy atom. The van der Waals surface area contributed by atoms with E-state index in [1.807, 2.05) is 59.3 Å². The molecule has 2 aromatic heterocycles. The summed E-state index contributed by atoms with van der Waals surface area (Å²) in [5, 5.41) is 4.20. The average Bonchev–Trinajstić information content (AvgIpc) is 2.77. The summed E-state index contributed by atoms with van der Waals surface area (Å²) in [5.41, 5.74) is 1.99. The molecular weight excluding hydrogens is 364 g/mol. The fraction of sp³-hybridized carbons (Fsp3) is 0.0435. The van der Waals surface area contributed by atoms with Gasteiger partial charge in [0.2, 0.25) is 0 Å². The van der Waals surface area contributed by atoms with Gasteiger partial charge >= 0.3 is 0 Å². The molecule has 0 atom stereocenters. The molecule has 29 heavy (non-hydrogen) atoms. The van der Waals surface area contributed by atoms with Crippen LogP contribution in [0.15, 0.2) is 107 Å². The SMILES string of the molecule is O=C(N=c1ccccn1Cc1ccccc1)c1ccc(=O)n(-c2ccccc2)n1. The number of nitrogens with zero attached hydrogens (tertiary/aromatic N) is 4. The van der Waals surface area contributed by atoms with Crippen molar-refractivity contribution in [3.8, 4) is 5.69 Å². The minimum atomic E-state index is -0.511. The van der Waals surface area contributed by atoms with E-state index in [2.05, 4.69) is 10.1 Å². The summed E-state index contributed by atoms with van der Waals surface area (Å²) < 4.78 is 3.09. The van der Waals surface area contributed by atoms with Crippen molar-refractivity contribution in [3.63, 3.8) is 0 Å². The molecule has 0 aliphatic carbocycles. The fourth-order valence-corrected chi connectivity index (χ4v) is 2.92. The molecule has 0 fully saturated rings. The van der Waals surface area contributed by atoms with Crippen molar-refractivity contribution in [1.29, 1.82) is 0 Å². The number of para-hydroxylation sites is 1. The van der Waals surface area contributed by atoms with Crippen LogP contribution < -0.4 is 11.0 Å². The molecule has 4 aromatic rings. The topological polar surface area (TPSA) is 69.2 Å². The van der Waals surface area contributed by atoms with Crippen LogP contribution in [0.2, 0.25) is 0 Å². The molecule has 1 amide bonds. The highest BCUT2D eigenvalue weighted by Gasteiger charge is 2.10. The van der Waals surface area contributed by atoms with Gasteiger partial charge in [0.15, 0.2) is 5.69 Å². The van der Waals surface area contributed by atoms with Crippen molar-refractivity contribution in [1.82, 2.24) is 14.3 Å². The molecule has 0 aliphatic rings. The minimum absolute atomic E-state index is 0.101. The summed E-state index contributed by atoms with van der Waals surface area (Å²) in [6, 6.07) is 27.1. The highest BCUT2D eigenvalue weighted by atomic mass is 16.2. The van der Waals surface area contributed by atoms with Gasteiger partial charge in [0, 0.05) is 18.8 Å². The Labute approximate surface area is 167 Å². The second kappa shape index (κ2) is 8.31. The molecule has 2 heterocycles. The van der Waals surface area contributed by atoms with Crippen LogP contribution in [0.5, 0.6) is 0 Å². The Morgan fingerprint density at radius 3 is 2.28 bits per heavy atom. The number of hydrogen-bond donors (Lipinski definition) is 0. The molecule has 4 rings (SSSR count). The monoisotopic (exact) mass is 382 g/mol. The normalized spacial score (nSPS) is 11.4. The maximum absolute atomic E-state index is 12.8. The number of carbonyl (C=O) groups excluding carboxylic acids is 1. The maximum Gasteiger partial charge on any atom is 0.299 e. The average molecular weight is 382 g/mol. The molecule has 2 aromatic carbocycles. The van der Waals surface area contributed by atoms with Crippen molar-refractivity contribution < 1.29 is 4.79 Å². The first kappa shape index (κ1) is 18.3. The largest absolute Gasteiger partial charge is 0.328 e. The molecular formula is C23H18N4O2. The van der Waals surface area contributed by atoms with Gasteiger partial charge in [0.05, 0.1) is 5.69 Å². The van der Waals surface area contributed by atoms with E-state index in [1.165, 1.54) is 16.8 Å². The predicted octanol–water partition coefficient (Wildman–Crippen LogP) is 2.82. The molecule has 142 valence electrons. The van der Waals surface area contributed by atoms with Crippen LogP contribution in [0.4, 0.5) is 0 Å². The Kier molecular flexibility index (Phi) is 5.25. The lowest BCUT2D eigenvalue weighted by Gasteiger charge is -2.08. The molecule has 0 saturated carbocycles. The second-order valence-corrected chi connectivity index (χ2v) is 6.39. The molecule has 0 saturated heterocycles. The lowest BCUT2D eigenvalue weighted by Crippen LogP contribution is -2.25. The Balaban J connectivity index is 1.70. The third kappa shape index (κ3) is 4.27. The molecule has 6 nitrogen and oxygen atoms in total. The first-order valence-corrected chi connectivity index (χ1v) is 9.15. The van der Waals surface area contributed by atoms with Crippen LogP contribution in [0.25, 0.3) is 5.69 Å². The first-order valence-electron chi connectivity index (χ1n) is 9.15. The van der Waals surface area contributed by atoms with E-state index in [4.69, 9.17) is 0 Å². The standard InChI is InChI=1S/C23H18N4O2/c28-22-15-14-20(25-27(22)19-11-5-2-6-12-19)23(29)24-21-13-7-8-16-26(21)17-18-9-3-1-4-10-18/h1-16H,17H2. The number of aromatic nitrogens is 3. The summed E-state index contributed by atoms with van der Waals surface area (Å²) in [6.07, 6.45) is 1.87. The van der Waals surface area contributed by atoms with Crippen molar-refractivity contribution in [2.24, 2.45) is 4.99 Å². The number of benzene rings is 2. The van der Waals surface area contributed by atoms with Gasteiger partial charge in [-0.1, -0.05) is 54.6 Å². The maximum atomic E-state index is 12.8. The van der Waals surface area contributed by atoms with Gasteiger partial charge in [0.1, 0.15) is 5.49 Å². The number of pyridine rings is 1. The van der Waals surface area contributed by atoms with E-state index >= 15 is 0 Å². The molecule has 0 aliphatic heterocycles. The summed E-state index contributed by atoms with van der Waals surface area (Å²) in [7, 11) is 0. The Bertz CT molecular complexity index is 1260. The van der Waals surface area contributed by atoms with Crippen LogP contribution in [-0.4, -0.2) is 20.3 Å². The highest BCUT2D eigenvalue weighted by Crippen LogP contribution is 2.04.